The molecule has 4 nitrogen and oxygen atoms in total. The quantitative estimate of drug-likeness (QED) is 0.846. The lowest BCUT2D eigenvalue weighted by molar-refractivity contribution is -0.122. The van der Waals surface area contributed by atoms with Gasteiger partial charge in [0, 0.05) is 18.1 Å². The second-order valence-corrected chi connectivity index (χ2v) is 4.55. The van der Waals surface area contributed by atoms with Crippen molar-refractivity contribution in [3.8, 4) is 6.07 Å². The van der Waals surface area contributed by atoms with E-state index in [0.29, 0.717) is 12.8 Å². The van der Waals surface area contributed by atoms with Crippen LogP contribution in [0.25, 0.3) is 0 Å². The zero-order valence-electron chi connectivity index (χ0n) is 9.86. The lowest BCUT2D eigenvalue weighted by Crippen LogP contribution is -2.32. The first-order valence-corrected chi connectivity index (χ1v) is 5.81. The molecule has 0 radical (unpaired) electrons. The maximum Gasteiger partial charge on any atom is 0.244 e. The lowest BCUT2D eigenvalue weighted by atomic mass is 9.87. The number of hydrogen-bond donors (Lipinski definition) is 1. The van der Waals surface area contributed by atoms with E-state index in [0.717, 1.165) is 24.1 Å². The van der Waals surface area contributed by atoms with Crippen LogP contribution in [0.4, 0.5) is 5.69 Å². The van der Waals surface area contributed by atoms with Gasteiger partial charge in [-0.05, 0) is 31.4 Å². The van der Waals surface area contributed by atoms with Gasteiger partial charge in [0.15, 0.2) is 0 Å². The Kier molecular flexibility index (Phi) is 3.10. The van der Waals surface area contributed by atoms with Crippen molar-refractivity contribution in [3.05, 3.63) is 24.0 Å². The van der Waals surface area contributed by atoms with Crippen molar-refractivity contribution in [3.63, 3.8) is 0 Å². The fraction of sp³-hybridized carbons (Fsp3) is 0.462. The Morgan fingerprint density at radius 2 is 2.24 bits per heavy atom. The fourth-order valence-corrected chi connectivity index (χ4v) is 2.22. The number of nitrogens with one attached hydrogen (secondary N) is 1. The van der Waals surface area contributed by atoms with Gasteiger partial charge >= 0.3 is 0 Å². The summed E-state index contributed by atoms with van der Waals surface area (Å²) in [5.41, 5.74) is 0.828. The van der Waals surface area contributed by atoms with E-state index in [1.807, 2.05) is 6.92 Å². The number of nitriles is 1. The number of pyridine rings is 1. The first kappa shape index (κ1) is 11.6. The Labute approximate surface area is 101 Å². The molecule has 0 bridgehead atoms. The molecule has 1 amide bonds. The van der Waals surface area contributed by atoms with Crippen molar-refractivity contribution < 1.29 is 4.79 Å². The maximum atomic E-state index is 12.2. The van der Waals surface area contributed by atoms with Crippen LogP contribution >= 0.6 is 0 Å². The number of nitrogens with zero attached hydrogens (tertiary/aromatic N) is 2. The summed E-state index contributed by atoms with van der Waals surface area (Å²) in [6.07, 6.45) is 6.57. The average molecular weight is 229 g/mol. The number of rotatable bonds is 2. The molecule has 1 aromatic heterocycles. The zero-order valence-corrected chi connectivity index (χ0v) is 9.86. The average Bonchev–Trinajstić information content (AvgIpc) is 2.82. The molecule has 0 spiro atoms. The SMILES string of the molecule is Cc1cnccc1NC(=O)C1(C#N)CCCC1. The maximum absolute atomic E-state index is 12.2. The Hall–Kier alpha value is -1.89. The Morgan fingerprint density at radius 1 is 1.53 bits per heavy atom. The number of aromatic nitrogens is 1. The summed E-state index contributed by atoms with van der Waals surface area (Å²) in [6.45, 7) is 1.89. The van der Waals surface area contributed by atoms with Crippen LogP contribution in [0, 0.1) is 23.7 Å². The summed E-state index contributed by atoms with van der Waals surface area (Å²) >= 11 is 0. The lowest BCUT2D eigenvalue weighted by Gasteiger charge is -2.19. The van der Waals surface area contributed by atoms with Crippen molar-refractivity contribution in [1.29, 1.82) is 5.26 Å². The van der Waals surface area contributed by atoms with E-state index in [4.69, 9.17) is 0 Å². The summed E-state index contributed by atoms with van der Waals surface area (Å²) in [5, 5.41) is 12.1. The molecule has 17 heavy (non-hydrogen) atoms. The van der Waals surface area contributed by atoms with Crippen LogP contribution < -0.4 is 5.32 Å². The van der Waals surface area contributed by atoms with Crippen LogP contribution in [0.5, 0.6) is 0 Å². The molecule has 1 saturated carbocycles. The van der Waals surface area contributed by atoms with Crippen LogP contribution in [0.15, 0.2) is 18.5 Å². The summed E-state index contributed by atoms with van der Waals surface area (Å²) in [7, 11) is 0. The van der Waals surface area contributed by atoms with E-state index in [2.05, 4.69) is 16.4 Å². The van der Waals surface area contributed by atoms with Crippen molar-refractivity contribution in [2.45, 2.75) is 32.6 Å². The smallest absolute Gasteiger partial charge is 0.244 e. The normalized spacial score (nSPS) is 17.4. The predicted molar refractivity (Wildman–Crippen MR) is 64.1 cm³/mol. The Morgan fingerprint density at radius 3 is 2.82 bits per heavy atom. The third-order valence-corrected chi connectivity index (χ3v) is 3.37. The van der Waals surface area contributed by atoms with Gasteiger partial charge in [-0.3, -0.25) is 9.78 Å². The van der Waals surface area contributed by atoms with Crippen molar-refractivity contribution in [2.75, 3.05) is 5.32 Å². The number of carbonyl (C=O) groups is 1. The highest BCUT2D eigenvalue weighted by Crippen LogP contribution is 2.38. The molecule has 4 heteroatoms. The molecule has 1 aliphatic rings. The van der Waals surface area contributed by atoms with Gasteiger partial charge in [0.05, 0.1) is 6.07 Å². The van der Waals surface area contributed by atoms with E-state index >= 15 is 0 Å². The molecular weight excluding hydrogens is 214 g/mol. The number of amides is 1. The standard InChI is InChI=1S/C13H15N3O/c1-10-8-15-7-4-11(10)16-12(17)13(9-14)5-2-3-6-13/h4,7-8H,2-3,5-6H2,1H3,(H,15,16,17). The second-order valence-electron chi connectivity index (χ2n) is 4.55. The highest BCUT2D eigenvalue weighted by Gasteiger charge is 2.41. The molecule has 88 valence electrons. The van der Waals surface area contributed by atoms with Crippen molar-refractivity contribution in [2.24, 2.45) is 5.41 Å². The molecule has 1 aromatic rings. The van der Waals surface area contributed by atoms with Gasteiger partial charge in [-0.15, -0.1) is 0 Å². The van der Waals surface area contributed by atoms with Gasteiger partial charge in [0.2, 0.25) is 5.91 Å². The minimum absolute atomic E-state index is 0.174. The molecule has 0 saturated heterocycles. The summed E-state index contributed by atoms with van der Waals surface area (Å²) in [6, 6.07) is 3.95. The van der Waals surface area contributed by atoms with Crippen LogP contribution in [-0.2, 0) is 4.79 Å². The molecule has 1 aliphatic carbocycles. The molecule has 1 N–H and O–H groups in total. The monoisotopic (exact) mass is 229 g/mol. The topological polar surface area (TPSA) is 65.8 Å². The van der Waals surface area contributed by atoms with Crippen molar-refractivity contribution >= 4 is 11.6 Å². The third kappa shape index (κ3) is 2.14. The van der Waals surface area contributed by atoms with Gasteiger partial charge < -0.3 is 5.32 Å². The van der Waals surface area contributed by atoms with Gasteiger partial charge in [-0.1, -0.05) is 12.8 Å². The molecule has 0 atom stereocenters. The number of hydrogen-bond acceptors (Lipinski definition) is 3. The Balaban J connectivity index is 2.17. The molecule has 2 rings (SSSR count). The first-order chi connectivity index (χ1) is 8.18. The molecule has 0 aromatic carbocycles. The number of aryl methyl sites for hydroxylation is 1. The van der Waals surface area contributed by atoms with Crippen LogP contribution in [0.3, 0.4) is 0 Å². The van der Waals surface area contributed by atoms with Crippen molar-refractivity contribution in [1.82, 2.24) is 4.98 Å². The summed E-state index contributed by atoms with van der Waals surface area (Å²) in [5.74, 6) is -0.174. The highest BCUT2D eigenvalue weighted by molar-refractivity contribution is 5.97. The molecule has 1 heterocycles. The second kappa shape index (κ2) is 4.54. The fourth-order valence-electron chi connectivity index (χ4n) is 2.22. The van der Waals surface area contributed by atoms with E-state index in [-0.39, 0.29) is 5.91 Å². The van der Waals surface area contributed by atoms with E-state index in [1.165, 1.54) is 0 Å². The first-order valence-electron chi connectivity index (χ1n) is 5.81. The highest BCUT2D eigenvalue weighted by atomic mass is 16.2. The van der Waals surface area contributed by atoms with Gasteiger partial charge in [0.25, 0.3) is 0 Å². The van der Waals surface area contributed by atoms with E-state index < -0.39 is 5.41 Å². The van der Waals surface area contributed by atoms with Gasteiger partial charge in [0.1, 0.15) is 5.41 Å². The van der Waals surface area contributed by atoms with Crippen LogP contribution in [0.2, 0.25) is 0 Å². The third-order valence-electron chi connectivity index (χ3n) is 3.37. The molecule has 0 unspecified atom stereocenters. The summed E-state index contributed by atoms with van der Waals surface area (Å²) < 4.78 is 0. The minimum atomic E-state index is -0.824. The zero-order chi connectivity index (χ0) is 12.3. The van der Waals surface area contributed by atoms with Gasteiger partial charge in [-0.2, -0.15) is 5.26 Å². The number of carbonyl (C=O) groups excluding carboxylic acids is 1. The minimum Gasteiger partial charge on any atom is -0.324 e. The largest absolute Gasteiger partial charge is 0.324 e. The van der Waals surface area contributed by atoms with E-state index in [1.54, 1.807) is 18.5 Å². The van der Waals surface area contributed by atoms with Crippen LogP contribution in [0.1, 0.15) is 31.2 Å². The van der Waals surface area contributed by atoms with E-state index in [9.17, 15) is 10.1 Å². The van der Waals surface area contributed by atoms with Crippen LogP contribution in [-0.4, -0.2) is 10.9 Å². The summed E-state index contributed by atoms with van der Waals surface area (Å²) in [4.78, 5) is 16.1. The number of anilines is 1. The Bertz CT molecular complexity index is 470. The molecular formula is C13H15N3O. The molecule has 0 aliphatic heterocycles. The predicted octanol–water partition coefficient (Wildman–Crippen LogP) is 2.41. The molecule has 1 fully saturated rings. The van der Waals surface area contributed by atoms with Gasteiger partial charge in [-0.25, -0.2) is 0 Å².